The van der Waals surface area contributed by atoms with Crippen molar-refractivity contribution in [3.05, 3.63) is 0 Å². The van der Waals surface area contributed by atoms with Crippen LogP contribution in [0.3, 0.4) is 0 Å². The average molecular weight is 150 g/mol. The quantitative estimate of drug-likeness (QED) is 0.521. The molecule has 4 aliphatic carbocycles. The molecule has 0 N–H and O–H groups in total. The molecule has 1 nitrogen and oxygen atoms in total. The van der Waals surface area contributed by atoms with Gasteiger partial charge in [-0.05, 0) is 36.0 Å². The molecule has 0 spiro atoms. The third-order valence-corrected chi connectivity index (χ3v) is 5.01. The Balaban J connectivity index is 2.17. The minimum Gasteiger partial charge on any atom is -0.303 e. The van der Waals surface area contributed by atoms with E-state index in [-0.39, 0.29) is 5.41 Å². The topological polar surface area (TPSA) is 17.1 Å². The highest BCUT2D eigenvalue weighted by atomic mass is 16.1. The second-order valence-corrected chi connectivity index (χ2v) is 5.15. The van der Waals surface area contributed by atoms with Crippen LogP contribution in [0.25, 0.3) is 0 Å². The van der Waals surface area contributed by atoms with Gasteiger partial charge in [0.25, 0.3) is 0 Å². The largest absolute Gasteiger partial charge is 0.303 e. The van der Waals surface area contributed by atoms with Gasteiger partial charge in [0, 0.05) is 5.41 Å². The van der Waals surface area contributed by atoms with Gasteiger partial charge in [-0.3, -0.25) is 0 Å². The highest BCUT2D eigenvalue weighted by Gasteiger charge is 2.82. The number of hydrogen-bond donors (Lipinski definition) is 0. The van der Waals surface area contributed by atoms with Crippen molar-refractivity contribution in [3.63, 3.8) is 0 Å². The maximum atomic E-state index is 11.0. The molecule has 0 heterocycles. The third-order valence-electron chi connectivity index (χ3n) is 5.01. The maximum absolute atomic E-state index is 11.0. The molecule has 4 aliphatic rings. The van der Waals surface area contributed by atoms with Crippen LogP contribution < -0.4 is 0 Å². The summed E-state index contributed by atoms with van der Waals surface area (Å²) in [6.45, 7) is 4.58. The molecule has 0 amide bonds. The summed E-state index contributed by atoms with van der Waals surface area (Å²) in [4.78, 5) is 11.0. The van der Waals surface area contributed by atoms with Crippen molar-refractivity contribution in [1.29, 1.82) is 0 Å². The zero-order valence-corrected chi connectivity index (χ0v) is 7.13. The molecule has 2 unspecified atom stereocenters. The van der Waals surface area contributed by atoms with Crippen LogP contribution in [0, 0.1) is 28.6 Å². The van der Waals surface area contributed by atoms with Crippen molar-refractivity contribution in [1.82, 2.24) is 0 Å². The van der Waals surface area contributed by atoms with Crippen LogP contribution in [-0.4, -0.2) is 6.29 Å². The smallest absolute Gasteiger partial charge is 0.127 e. The van der Waals surface area contributed by atoms with E-state index < -0.39 is 0 Å². The van der Waals surface area contributed by atoms with Gasteiger partial charge in [-0.1, -0.05) is 13.8 Å². The van der Waals surface area contributed by atoms with Gasteiger partial charge in [-0.25, -0.2) is 0 Å². The van der Waals surface area contributed by atoms with Crippen molar-refractivity contribution < 1.29 is 4.79 Å². The number of hydrogen-bond acceptors (Lipinski definition) is 1. The molecule has 0 radical (unpaired) electrons. The fraction of sp³-hybridized carbons (Fsp3) is 0.900. The van der Waals surface area contributed by atoms with Crippen molar-refractivity contribution in [2.75, 3.05) is 0 Å². The van der Waals surface area contributed by atoms with Crippen molar-refractivity contribution in [3.8, 4) is 0 Å². The lowest BCUT2D eigenvalue weighted by atomic mass is 9.76. The molecule has 4 atom stereocenters. The molecule has 4 bridgehead atoms. The standard InChI is InChI=1S/C10H14O/c1-9(2)6-3-7-8(4-6)10(7,9)5-11/h5-8H,3-4H2,1-2H3/t6?,7-,8+,10?. The Morgan fingerprint density at radius 2 is 1.82 bits per heavy atom. The highest BCUT2D eigenvalue weighted by Crippen LogP contribution is 2.85. The van der Waals surface area contributed by atoms with Crippen molar-refractivity contribution in [2.45, 2.75) is 26.7 Å². The van der Waals surface area contributed by atoms with E-state index in [2.05, 4.69) is 13.8 Å². The molecule has 4 fully saturated rings. The first-order valence-corrected chi connectivity index (χ1v) is 4.61. The molecule has 0 aliphatic heterocycles. The fourth-order valence-corrected chi connectivity index (χ4v) is 4.22. The number of rotatable bonds is 1. The first-order valence-electron chi connectivity index (χ1n) is 4.61. The van der Waals surface area contributed by atoms with Gasteiger partial charge >= 0.3 is 0 Å². The SMILES string of the molecule is CC1(C)C2C[C@@H]3[C@H](C2)C31C=O. The van der Waals surface area contributed by atoms with Crippen LogP contribution in [0.5, 0.6) is 0 Å². The normalized spacial score (nSPS) is 61.5. The van der Waals surface area contributed by atoms with Crippen LogP contribution in [0.4, 0.5) is 0 Å². The minimum atomic E-state index is 0.150. The van der Waals surface area contributed by atoms with E-state index in [0.29, 0.717) is 5.41 Å². The van der Waals surface area contributed by atoms with Crippen LogP contribution in [-0.2, 0) is 4.79 Å². The first-order chi connectivity index (χ1) is 5.14. The summed E-state index contributed by atoms with van der Waals surface area (Å²) in [5.74, 6) is 2.45. The maximum Gasteiger partial charge on any atom is 0.127 e. The molecule has 1 heteroatoms. The van der Waals surface area contributed by atoms with E-state index in [1.54, 1.807) is 0 Å². The summed E-state index contributed by atoms with van der Waals surface area (Å²) in [7, 11) is 0. The average Bonchev–Trinajstić information content (AvgIpc) is 2.26. The monoisotopic (exact) mass is 150 g/mol. The molecule has 0 saturated heterocycles. The summed E-state index contributed by atoms with van der Waals surface area (Å²) in [6.07, 6.45) is 3.96. The Bertz CT molecular complexity index is 229. The summed E-state index contributed by atoms with van der Waals surface area (Å²) < 4.78 is 0. The van der Waals surface area contributed by atoms with Crippen LogP contribution in [0.1, 0.15) is 26.7 Å². The second-order valence-electron chi connectivity index (χ2n) is 5.15. The Morgan fingerprint density at radius 1 is 1.27 bits per heavy atom. The first kappa shape index (κ1) is 6.22. The summed E-state index contributed by atoms with van der Waals surface area (Å²) in [5.41, 5.74) is 0.488. The summed E-state index contributed by atoms with van der Waals surface area (Å²) in [5, 5.41) is 0. The zero-order chi connectivity index (χ0) is 7.85. The van der Waals surface area contributed by atoms with E-state index in [4.69, 9.17) is 0 Å². The van der Waals surface area contributed by atoms with Crippen LogP contribution in [0.15, 0.2) is 0 Å². The van der Waals surface area contributed by atoms with E-state index in [0.717, 1.165) is 17.8 Å². The van der Waals surface area contributed by atoms with Gasteiger partial charge in [0.1, 0.15) is 6.29 Å². The Labute approximate surface area is 67.2 Å². The van der Waals surface area contributed by atoms with Crippen molar-refractivity contribution >= 4 is 6.29 Å². The molecule has 0 aromatic heterocycles. The molecule has 60 valence electrons. The number of carbonyl (C=O) groups is 1. The lowest BCUT2D eigenvalue weighted by Gasteiger charge is -2.27. The molecular weight excluding hydrogens is 136 g/mol. The molecular formula is C10H14O. The molecule has 0 aromatic carbocycles. The molecule has 11 heavy (non-hydrogen) atoms. The summed E-state index contributed by atoms with van der Waals surface area (Å²) >= 11 is 0. The van der Waals surface area contributed by atoms with Crippen LogP contribution >= 0.6 is 0 Å². The minimum absolute atomic E-state index is 0.150. The van der Waals surface area contributed by atoms with Gasteiger partial charge in [0.15, 0.2) is 0 Å². The van der Waals surface area contributed by atoms with Gasteiger partial charge in [0.05, 0.1) is 0 Å². The molecule has 4 rings (SSSR count). The predicted molar refractivity (Wildman–Crippen MR) is 42.0 cm³/mol. The number of aldehydes is 1. The lowest BCUT2D eigenvalue weighted by Crippen LogP contribution is -2.26. The van der Waals surface area contributed by atoms with Gasteiger partial charge < -0.3 is 4.79 Å². The second kappa shape index (κ2) is 1.30. The molecule has 4 saturated carbocycles. The Hall–Kier alpha value is -0.330. The summed E-state index contributed by atoms with van der Waals surface area (Å²) in [6, 6.07) is 0. The van der Waals surface area contributed by atoms with E-state index >= 15 is 0 Å². The predicted octanol–water partition coefficient (Wildman–Crippen LogP) is 1.87. The van der Waals surface area contributed by atoms with Gasteiger partial charge in [-0.15, -0.1) is 0 Å². The third kappa shape index (κ3) is 0.361. The van der Waals surface area contributed by atoms with Gasteiger partial charge in [-0.2, -0.15) is 0 Å². The zero-order valence-electron chi connectivity index (χ0n) is 7.13. The van der Waals surface area contributed by atoms with Crippen molar-refractivity contribution in [2.24, 2.45) is 28.6 Å². The van der Waals surface area contributed by atoms with Crippen LogP contribution in [0.2, 0.25) is 0 Å². The van der Waals surface area contributed by atoms with E-state index in [1.807, 2.05) is 0 Å². The van der Waals surface area contributed by atoms with E-state index in [1.165, 1.54) is 19.1 Å². The van der Waals surface area contributed by atoms with Gasteiger partial charge in [0.2, 0.25) is 0 Å². The highest BCUT2D eigenvalue weighted by molar-refractivity contribution is 5.71. The Kier molecular flexibility index (Phi) is 0.733. The number of carbonyl (C=O) groups excluding carboxylic acids is 1. The lowest BCUT2D eigenvalue weighted by molar-refractivity contribution is -0.115. The van der Waals surface area contributed by atoms with E-state index in [9.17, 15) is 4.79 Å². The fourth-order valence-electron chi connectivity index (χ4n) is 4.22. The molecule has 0 aromatic rings. The Morgan fingerprint density at radius 3 is 2.00 bits per heavy atom.